The predicted octanol–water partition coefficient (Wildman–Crippen LogP) is 5.36. The Morgan fingerprint density at radius 2 is 1.60 bits per heavy atom. The van der Waals surface area contributed by atoms with Crippen LogP contribution in [0.3, 0.4) is 0 Å². The first-order valence-electron chi connectivity index (χ1n) is 12.0. The molecular weight excluding hydrogens is 454 g/mol. The molecule has 0 N–H and O–H groups in total. The first kappa shape index (κ1) is 23.4. The summed E-state index contributed by atoms with van der Waals surface area (Å²) in [5, 5.41) is 0.804. The number of benzene rings is 3. The van der Waals surface area contributed by atoms with Crippen LogP contribution in [0, 0.1) is 6.92 Å². The van der Waals surface area contributed by atoms with Crippen molar-refractivity contribution < 1.29 is 9.53 Å². The fourth-order valence-electron chi connectivity index (χ4n) is 4.19. The van der Waals surface area contributed by atoms with Crippen LogP contribution in [0.2, 0.25) is 0 Å². The number of nitrogens with zero attached hydrogens (tertiary/aromatic N) is 3. The molecule has 2 aliphatic rings. The molecule has 0 spiro atoms. The summed E-state index contributed by atoms with van der Waals surface area (Å²) in [4.78, 5) is 22.4. The van der Waals surface area contributed by atoms with Crippen molar-refractivity contribution in [3.8, 4) is 5.75 Å². The molecule has 5 nitrogen and oxygen atoms in total. The lowest BCUT2D eigenvalue weighted by Crippen LogP contribution is -2.47. The average Bonchev–Trinajstić information content (AvgIpc) is 3.25. The smallest absolute Gasteiger partial charge is 0.286 e. The van der Waals surface area contributed by atoms with E-state index in [1.165, 1.54) is 22.9 Å². The van der Waals surface area contributed by atoms with Gasteiger partial charge in [0.1, 0.15) is 12.4 Å². The van der Waals surface area contributed by atoms with Crippen LogP contribution in [0.5, 0.6) is 5.75 Å². The molecule has 1 saturated heterocycles. The lowest BCUT2D eigenvalue weighted by molar-refractivity contribution is -0.113. The molecule has 3 aromatic rings. The van der Waals surface area contributed by atoms with Gasteiger partial charge in [0, 0.05) is 38.3 Å². The summed E-state index contributed by atoms with van der Waals surface area (Å²) in [6, 6.07) is 26.7. The molecule has 2 heterocycles. The molecule has 0 saturated carbocycles. The number of para-hydroxylation sites is 1. The van der Waals surface area contributed by atoms with Gasteiger partial charge in [-0.2, -0.15) is 4.99 Å². The number of amides is 1. The molecule has 178 valence electrons. The van der Waals surface area contributed by atoms with Gasteiger partial charge in [-0.05, 0) is 42.0 Å². The van der Waals surface area contributed by atoms with E-state index in [2.05, 4.69) is 70.2 Å². The van der Waals surface area contributed by atoms with E-state index < -0.39 is 0 Å². The second kappa shape index (κ2) is 10.9. The third kappa shape index (κ3) is 6.02. The standard InChI is InChI=1S/C29H29N3O2S/c1-22-11-13-24(14-12-22)21-34-26-10-6-5-9-25(26)19-27-28(33)30-29(35-27)32-17-15-31(16-18-32)20-23-7-3-2-4-8-23/h2-14,19H,15-18,20-21H2,1H3/b27-19+. The molecule has 0 aromatic heterocycles. The van der Waals surface area contributed by atoms with Gasteiger partial charge in [-0.3, -0.25) is 9.69 Å². The molecule has 1 amide bonds. The van der Waals surface area contributed by atoms with Crippen molar-refractivity contribution in [2.45, 2.75) is 20.1 Å². The zero-order chi connectivity index (χ0) is 24.0. The SMILES string of the molecule is Cc1ccc(COc2ccccc2/C=C2/SC(N3CCN(Cc4ccccc4)CC3)=NC2=O)cc1. The highest BCUT2D eigenvalue weighted by Crippen LogP contribution is 2.33. The van der Waals surface area contributed by atoms with Crippen molar-refractivity contribution in [1.82, 2.24) is 9.80 Å². The van der Waals surface area contributed by atoms with E-state index in [0.29, 0.717) is 11.5 Å². The van der Waals surface area contributed by atoms with Gasteiger partial charge in [-0.1, -0.05) is 78.4 Å². The van der Waals surface area contributed by atoms with Crippen molar-refractivity contribution >= 4 is 28.9 Å². The number of carbonyl (C=O) groups is 1. The van der Waals surface area contributed by atoms with E-state index in [9.17, 15) is 4.79 Å². The average molecular weight is 484 g/mol. The van der Waals surface area contributed by atoms with Gasteiger partial charge in [-0.15, -0.1) is 0 Å². The fourth-order valence-corrected chi connectivity index (χ4v) is 5.15. The first-order chi connectivity index (χ1) is 17.1. The Morgan fingerprint density at radius 1 is 0.886 bits per heavy atom. The van der Waals surface area contributed by atoms with Crippen LogP contribution < -0.4 is 4.74 Å². The number of hydrogen-bond acceptors (Lipinski definition) is 5. The highest BCUT2D eigenvalue weighted by atomic mass is 32.2. The molecule has 0 radical (unpaired) electrons. The Labute approximate surface area is 211 Å². The molecule has 0 unspecified atom stereocenters. The van der Waals surface area contributed by atoms with E-state index >= 15 is 0 Å². The van der Waals surface area contributed by atoms with E-state index in [0.717, 1.165) is 54.8 Å². The zero-order valence-corrected chi connectivity index (χ0v) is 20.7. The number of thioether (sulfide) groups is 1. The molecule has 1 fully saturated rings. The van der Waals surface area contributed by atoms with Crippen LogP contribution in [0.25, 0.3) is 6.08 Å². The highest BCUT2D eigenvalue weighted by Gasteiger charge is 2.28. The molecule has 5 rings (SSSR count). The van der Waals surface area contributed by atoms with Crippen LogP contribution in [0.15, 0.2) is 88.8 Å². The quantitative estimate of drug-likeness (QED) is 0.442. The van der Waals surface area contributed by atoms with Crippen LogP contribution in [0.4, 0.5) is 0 Å². The molecule has 0 aliphatic carbocycles. The minimum absolute atomic E-state index is 0.176. The second-order valence-electron chi connectivity index (χ2n) is 8.87. The van der Waals surface area contributed by atoms with Crippen molar-refractivity contribution in [3.05, 3.63) is 106 Å². The molecule has 2 aliphatic heterocycles. The third-order valence-corrected chi connectivity index (χ3v) is 7.27. The van der Waals surface area contributed by atoms with Crippen molar-refractivity contribution in [2.24, 2.45) is 4.99 Å². The Balaban J connectivity index is 1.20. The lowest BCUT2D eigenvalue weighted by atomic mass is 10.1. The molecule has 6 heteroatoms. The number of hydrogen-bond donors (Lipinski definition) is 0. The molecule has 3 aromatic carbocycles. The molecule has 35 heavy (non-hydrogen) atoms. The Kier molecular flexibility index (Phi) is 7.31. The van der Waals surface area contributed by atoms with Gasteiger partial charge in [0.15, 0.2) is 5.17 Å². The molecular formula is C29H29N3O2S. The maximum absolute atomic E-state index is 12.7. The Bertz CT molecular complexity index is 1230. The summed E-state index contributed by atoms with van der Waals surface area (Å²) < 4.78 is 6.09. The first-order valence-corrected chi connectivity index (χ1v) is 12.8. The predicted molar refractivity (Wildman–Crippen MR) is 143 cm³/mol. The zero-order valence-electron chi connectivity index (χ0n) is 19.9. The second-order valence-corrected chi connectivity index (χ2v) is 9.88. The van der Waals surface area contributed by atoms with Gasteiger partial charge >= 0.3 is 0 Å². The van der Waals surface area contributed by atoms with Crippen molar-refractivity contribution in [1.29, 1.82) is 0 Å². The topological polar surface area (TPSA) is 45.1 Å². The van der Waals surface area contributed by atoms with Crippen LogP contribution in [0.1, 0.15) is 22.3 Å². The maximum atomic E-state index is 12.7. The van der Waals surface area contributed by atoms with Gasteiger partial charge in [0.2, 0.25) is 0 Å². The van der Waals surface area contributed by atoms with Crippen LogP contribution in [-0.2, 0) is 17.9 Å². The van der Waals surface area contributed by atoms with Crippen LogP contribution in [-0.4, -0.2) is 47.1 Å². The largest absolute Gasteiger partial charge is 0.488 e. The normalized spacial score (nSPS) is 17.6. The van der Waals surface area contributed by atoms with Gasteiger partial charge in [-0.25, -0.2) is 0 Å². The van der Waals surface area contributed by atoms with E-state index in [1.807, 2.05) is 36.4 Å². The minimum Gasteiger partial charge on any atom is -0.488 e. The lowest BCUT2D eigenvalue weighted by Gasteiger charge is -2.35. The summed E-state index contributed by atoms with van der Waals surface area (Å²) >= 11 is 1.46. The van der Waals surface area contributed by atoms with Gasteiger partial charge in [0.25, 0.3) is 5.91 Å². The highest BCUT2D eigenvalue weighted by molar-refractivity contribution is 8.18. The van der Waals surface area contributed by atoms with Gasteiger partial charge < -0.3 is 9.64 Å². The van der Waals surface area contributed by atoms with E-state index in [1.54, 1.807) is 0 Å². The summed E-state index contributed by atoms with van der Waals surface area (Å²) in [6.07, 6.45) is 1.90. The maximum Gasteiger partial charge on any atom is 0.286 e. The summed E-state index contributed by atoms with van der Waals surface area (Å²) in [5.41, 5.74) is 4.56. The third-order valence-electron chi connectivity index (χ3n) is 6.22. The monoisotopic (exact) mass is 483 g/mol. The summed E-state index contributed by atoms with van der Waals surface area (Å²) in [6.45, 7) is 7.16. The Hall–Kier alpha value is -3.35. The number of ether oxygens (including phenoxy) is 1. The number of rotatable bonds is 6. The van der Waals surface area contributed by atoms with Crippen molar-refractivity contribution in [3.63, 3.8) is 0 Å². The number of carbonyl (C=O) groups excluding carboxylic acids is 1. The number of aliphatic imine (C=N–C) groups is 1. The summed E-state index contributed by atoms with van der Waals surface area (Å²) in [5.74, 6) is 0.585. The summed E-state index contributed by atoms with van der Waals surface area (Å²) in [7, 11) is 0. The van der Waals surface area contributed by atoms with Gasteiger partial charge in [0.05, 0.1) is 4.91 Å². The number of amidine groups is 1. The number of aryl methyl sites for hydroxylation is 1. The molecule has 0 atom stereocenters. The minimum atomic E-state index is -0.176. The molecule has 0 bridgehead atoms. The number of piperazine rings is 1. The van der Waals surface area contributed by atoms with Crippen LogP contribution >= 0.6 is 11.8 Å². The Morgan fingerprint density at radius 3 is 2.37 bits per heavy atom. The van der Waals surface area contributed by atoms with E-state index in [-0.39, 0.29) is 5.91 Å². The fraction of sp³-hybridized carbons (Fsp3) is 0.241. The van der Waals surface area contributed by atoms with Crippen molar-refractivity contribution in [2.75, 3.05) is 26.2 Å². The van der Waals surface area contributed by atoms with E-state index in [4.69, 9.17) is 4.74 Å².